The van der Waals surface area contributed by atoms with Gasteiger partial charge in [-0.3, -0.25) is 4.57 Å². The van der Waals surface area contributed by atoms with E-state index in [9.17, 15) is 4.57 Å². The number of unbranched alkanes of at least 4 members (excludes halogenated alkanes) is 7. The fraction of sp³-hybridized carbons (Fsp3) is 0.812. The highest BCUT2D eigenvalue weighted by atomic mass is 31.2. The lowest BCUT2D eigenvalue weighted by molar-refractivity contribution is -0.0381. The van der Waals surface area contributed by atoms with Crippen molar-refractivity contribution in [2.45, 2.75) is 78.6 Å². The van der Waals surface area contributed by atoms with Gasteiger partial charge in [-0.05, 0) is 44.4 Å². The van der Waals surface area contributed by atoms with Crippen LogP contribution in [0.1, 0.15) is 77.7 Å². The minimum absolute atomic E-state index is 0.0373. The van der Waals surface area contributed by atoms with Gasteiger partial charge in [0.25, 0.3) is 0 Å². The molecule has 1 saturated heterocycles. The first-order chi connectivity index (χ1) is 20.6. The zero-order chi connectivity index (χ0) is 30.1. The number of hydrogen-bond acceptors (Lipinski definition) is 9. The molecular formula is C32H57O9P. The molecule has 1 aliphatic rings. The van der Waals surface area contributed by atoms with Crippen molar-refractivity contribution in [2.75, 3.05) is 85.9 Å². The Morgan fingerprint density at radius 1 is 0.690 bits per heavy atom. The van der Waals surface area contributed by atoms with Gasteiger partial charge in [-0.25, -0.2) is 0 Å². The molecule has 2 rings (SSSR count). The average Bonchev–Trinajstić information content (AvgIpc) is 2.98. The van der Waals surface area contributed by atoms with Crippen LogP contribution in [-0.2, 0) is 43.7 Å². The van der Waals surface area contributed by atoms with E-state index in [0.29, 0.717) is 83.7 Å². The molecule has 1 aliphatic heterocycles. The second-order valence-corrected chi connectivity index (χ2v) is 12.5. The molecule has 0 spiro atoms. The summed E-state index contributed by atoms with van der Waals surface area (Å²) in [5.74, 6) is 0.475. The van der Waals surface area contributed by atoms with Crippen LogP contribution in [0.15, 0.2) is 18.2 Å². The predicted molar refractivity (Wildman–Crippen MR) is 166 cm³/mol. The van der Waals surface area contributed by atoms with E-state index in [1.165, 1.54) is 44.9 Å². The lowest BCUT2D eigenvalue weighted by Crippen LogP contribution is -2.27. The van der Waals surface area contributed by atoms with Crippen LogP contribution in [-0.4, -0.2) is 85.9 Å². The molecule has 1 aromatic carbocycles. The van der Waals surface area contributed by atoms with Crippen LogP contribution in [0.4, 0.5) is 0 Å². The molecule has 0 bridgehead atoms. The Hall–Kier alpha value is -1.03. The minimum Gasteiger partial charge on any atom is -0.492 e. The largest absolute Gasteiger partial charge is 0.492 e. The van der Waals surface area contributed by atoms with Gasteiger partial charge >= 0.3 is 7.60 Å². The fourth-order valence-electron chi connectivity index (χ4n) is 4.66. The highest BCUT2D eigenvalue weighted by Gasteiger charge is 2.31. The Balaban J connectivity index is 2.03. The summed E-state index contributed by atoms with van der Waals surface area (Å²) >= 11 is 0. The smallest absolute Gasteiger partial charge is 0.365 e. The van der Waals surface area contributed by atoms with Crippen LogP contribution in [0.3, 0.4) is 0 Å². The van der Waals surface area contributed by atoms with Crippen LogP contribution in [0.2, 0.25) is 0 Å². The third-order valence-electron chi connectivity index (χ3n) is 6.91. The summed E-state index contributed by atoms with van der Waals surface area (Å²) in [6.45, 7) is 11.7. The number of hydrogen-bond donors (Lipinski definition) is 0. The first-order valence-corrected chi connectivity index (χ1v) is 17.7. The lowest BCUT2D eigenvalue weighted by Gasteiger charge is -2.23. The first-order valence-electron chi connectivity index (χ1n) is 16.2. The van der Waals surface area contributed by atoms with Crippen molar-refractivity contribution in [3.05, 3.63) is 23.8 Å². The maximum Gasteiger partial charge on any atom is 0.365 e. The summed E-state index contributed by atoms with van der Waals surface area (Å²) in [6.07, 6.45) is 11.0. The summed E-state index contributed by atoms with van der Waals surface area (Å²) in [5, 5.41) is 0.488. The van der Waals surface area contributed by atoms with E-state index in [1.807, 2.05) is 26.0 Å². The molecule has 244 valence electrons. The maximum atomic E-state index is 13.9. The van der Waals surface area contributed by atoms with E-state index < -0.39 is 7.60 Å². The monoisotopic (exact) mass is 616 g/mol. The zero-order valence-corrected chi connectivity index (χ0v) is 27.4. The summed E-state index contributed by atoms with van der Waals surface area (Å²) in [5.41, 5.74) is 1.12. The van der Waals surface area contributed by atoms with Crippen molar-refractivity contribution >= 4 is 12.9 Å². The van der Waals surface area contributed by atoms with Crippen molar-refractivity contribution < 1.29 is 42.0 Å². The topological polar surface area (TPSA) is 90.9 Å². The molecule has 10 heteroatoms. The normalized spacial score (nSPS) is 17.3. The van der Waals surface area contributed by atoms with E-state index >= 15 is 0 Å². The molecule has 0 N–H and O–H groups in total. The van der Waals surface area contributed by atoms with Gasteiger partial charge in [-0.15, -0.1) is 0 Å². The molecule has 0 saturated carbocycles. The summed E-state index contributed by atoms with van der Waals surface area (Å²) < 4.78 is 60.0. The quantitative estimate of drug-likeness (QED) is 0.147. The number of ether oxygens (including phenoxy) is 6. The third kappa shape index (κ3) is 16.2. The van der Waals surface area contributed by atoms with Gasteiger partial charge in [0, 0.05) is 5.92 Å². The van der Waals surface area contributed by atoms with Gasteiger partial charge in [0.05, 0.1) is 85.9 Å². The maximum absolute atomic E-state index is 13.9. The molecule has 0 unspecified atom stereocenters. The molecule has 9 nitrogen and oxygen atoms in total. The third-order valence-corrected chi connectivity index (χ3v) is 9.04. The van der Waals surface area contributed by atoms with Crippen molar-refractivity contribution in [3.63, 3.8) is 0 Å². The molecular weight excluding hydrogens is 559 g/mol. The molecule has 1 aromatic rings. The number of rotatable bonds is 17. The highest BCUT2D eigenvalue weighted by Crippen LogP contribution is 2.49. The summed E-state index contributed by atoms with van der Waals surface area (Å²) in [6, 6.07) is 5.92. The second kappa shape index (κ2) is 24.3. The Labute approximate surface area is 254 Å². The average molecular weight is 617 g/mol. The highest BCUT2D eigenvalue weighted by molar-refractivity contribution is 7.62. The van der Waals surface area contributed by atoms with Crippen LogP contribution >= 0.6 is 7.60 Å². The Morgan fingerprint density at radius 3 is 1.71 bits per heavy atom. The van der Waals surface area contributed by atoms with Gasteiger partial charge in [0.2, 0.25) is 0 Å². The summed E-state index contributed by atoms with van der Waals surface area (Å²) in [7, 11) is -3.55. The molecule has 0 aromatic heterocycles. The number of aryl methyl sites for hydroxylation is 1. The fourth-order valence-corrected chi connectivity index (χ4v) is 6.43. The van der Waals surface area contributed by atoms with Gasteiger partial charge in [0.15, 0.2) is 0 Å². The molecule has 1 fully saturated rings. The first kappa shape index (κ1) is 37.2. The summed E-state index contributed by atoms with van der Waals surface area (Å²) in [4.78, 5) is 0. The van der Waals surface area contributed by atoms with Gasteiger partial charge in [-0.1, -0.05) is 57.9 Å². The molecule has 0 radical (unpaired) electrons. The van der Waals surface area contributed by atoms with Crippen LogP contribution in [0, 0.1) is 5.92 Å². The lowest BCUT2D eigenvalue weighted by atomic mass is 10.0. The van der Waals surface area contributed by atoms with Crippen molar-refractivity contribution in [1.29, 1.82) is 0 Å². The molecule has 42 heavy (non-hydrogen) atoms. The van der Waals surface area contributed by atoms with Gasteiger partial charge in [-0.2, -0.15) is 0 Å². The Kier molecular flexibility index (Phi) is 21.5. The Morgan fingerprint density at radius 2 is 1.19 bits per heavy atom. The van der Waals surface area contributed by atoms with E-state index in [-0.39, 0.29) is 19.1 Å². The molecule has 0 aliphatic carbocycles. The van der Waals surface area contributed by atoms with E-state index in [1.54, 1.807) is 0 Å². The van der Waals surface area contributed by atoms with Gasteiger partial charge < -0.3 is 37.5 Å². The van der Waals surface area contributed by atoms with E-state index in [2.05, 4.69) is 13.0 Å². The van der Waals surface area contributed by atoms with E-state index in [0.717, 1.165) is 18.4 Å². The van der Waals surface area contributed by atoms with Crippen molar-refractivity contribution in [1.82, 2.24) is 0 Å². The SMILES string of the molecule is CCCCCCCCCCc1ccc(OCC2COCCOCCOCCOCCOC2)c(P(=O)(OCC)OCC)c1. The van der Waals surface area contributed by atoms with Crippen molar-refractivity contribution in [2.24, 2.45) is 5.92 Å². The molecule has 0 atom stereocenters. The van der Waals surface area contributed by atoms with Crippen LogP contribution < -0.4 is 10.0 Å². The Bertz CT molecular complexity index is 812. The van der Waals surface area contributed by atoms with Crippen LogP contribution in [0.25, 0.3) is 0 Å². The predicted octanol–water partition coefficient (Wildman–Crippen LogP) is 6.35. The standard InChI is InChI=1S/C32H57O9P/c1-4-7-8-9-10-11-12-13-14-29-15-16-31(32(25-29)42(33,40-5-2)41-6-3)39-28-30-26-37-23-21-35-19-17-34-18-20-36-22-24-38-27-30/h15-16,25,30H,4-14,17-24,26-28H2,1-3H3. The van der Waals surface area contributed by atoms with Gasteiger partial charge in [0.1, 0.15) is 11.1 Å². The molecule has 1 heterocycles. The van der Waals surface area contributed by atoms with Crippen LogP contribution in [0.5, 0.6) is 5.75 Å². The molecule has 0 amide bonds. The number of benzene rings is 1. The van der Waals surface area contributed by atoms with Crippen molar-refractivity contribution in [3.8, 4) is 5.75 Å². The van der Waals surface area contributed by atoms with E-state index in [4.69, 9.17) is 37.5 Å². The zero-order valence-electron chi connectivity index (χ0n) is 26.5. The second-order valence-electron chi connectivity index (χ2n) is 10.5. The minimum atomic E-state index is -3.55.